The lowest BCUT2D eigenvalue weighted by molar-refractivity contribution is 0.0933. The Labute approximate surface area is 135 Å². The largest absolute Gasteiger partial charge is 0.348 e. The summed E-state index contributed by atoms with van der Waals surface area (Å²) in [5.74, 6) is -4.12. The fourth-order valence-electron chi connectivity index (χ4n) is 2.10. The number of rotatable bonds is 8. The van der Waals surface area contributed by atoms with Gasteiger partial charge in [0.1, 0.15) is 0 Å². The minimum absolute atomic E-state index is 0.151. The first-order valence-electron chi connectivity index (χ1n) is 7.25. The highest BCUT2D eigenvalue weighted by atomic mass is 32.2. The summed E-state index contributed by atoms with van der Waals surface area (Å²) >= 11 is 0. The van der Waals surface area contributed by atoms with E-state index in [0.717, 1.165) is 6.42 Å². The van der Waals surface area contributed by atoms with Crippen molar-refractivity contribution in [3.63, 3.8) is 0 Å². The first kappa shape index (κ1) is 19.5. The van der Waals surface area contributed by atoms with Gasteiger partial charge < -0.3 is 11.1 Å². The summed E-state index contributed by atoms with van der Waals surface area (Å²) < 4.78 is 47.0. The van der Waals surface area contributed by atoms with Crippen molar-refractivity contribution < 1.29 is 22.0 Å². The Morgan fingerprint density at radius 2 is 1.78 bits per heavy atom. The molecule has 5 nitrogen and oxygen atoms in total. The number of halogens is 2. The average Bonchev–Trinajstić information content (AvgIpc) is 2.46. The lowest BCUT2D eigenvalue weighted by atomic mass is 10.0. The normalized spacial score (nSPS) is 13.3. The van der Waals surface area contributed by atoms with Gasteiger partial charge in [0.15, 0.2) is 0 Å². The molecule has 0 saturated heterocycles. The van der Waals surface area contributed by atoms with E-state index < -0.39 is 21.3 Å². The van der Waals surface area contributed by atoms with E-state index in [9.17, 15) is 22.0 Å². The molecule has 3 N–H and O–H groups in total. The molecule has 0 aromatic heterocycles. The molecule has 0 saturated carbocycles. The van der Waals surface area contributed by atoms with Crippen molar-refractivity contribution in [2.75, 3.05) is 6.54 Å². The lowest BCUT2D eigenvalue weighted by Crippen LogP contribution is -2.41. The fourth-order valence-corrected chi connectivity index (χ4v) is 2.88. The molecule has 0 bridgehead atoms. The standard InChI is InChI=1S/C15H22F2N2O3S/c1-10(2)7-13(8-18)19-14(20)12-5-3-11(4-6-12)9-23(21,22)15(16)17/h3-6,10,13,15H,7-9,18H2,1-2H3,(H,19,20). The molecular weight excluding hydrogens is 326 g/mol. The Bertz CT molecular complexity index is 616. The number of hydrogen-bond donors (Lipinski definition) is 2. The third-order valence-corrected chi connectivity index (χ3v) is 4.51. The Kier molecular flexibility index (Phi) is 7.08. The molecule has 0 aliphatic rings. The number of carbonyl (C=O) groups is 1. The molecule has 0 aliphatic heterocycles. The summed E-state index contributed by atoms with van der Waals surface area (Å²) in [5, 5.41) is 2.80. The lowest BCUT2D eigenvalue weighted by Gasteiger charge is -2.18. The van der Waals surface area contributed by atoms with Crippen molar-refractivity contribution in [2.24, 2.45) is 11.7 Å². The third-order valence-electron chi connectivity index (χ3n) is 3.23. The van der Waals surface area contributed by atoms with Gasteiger partial charge in [0, 0.05) is 18.2 Å². The summed E-state index contributed by atoms with van der Waals surface area (Å²) in [7, 11) is -4.47. The maximum Gasteiger partial charge on any atom is 0.337 e. The molecule has 1 aromatic carbocycles. The van der Waals surface area contributed by atoms with Gasteiger partial charge in [-0.3, -0.25) is 4.79 Å². The third kappa shape index (κ3) is 6.23. The molecule has 0 heterocycles. The Hall–Kier alpha value is -1.54. The first-order valence-corrected chi connectivity index (χ1v) is 8.96. The van der Waals surface area contributed by atoms with E-state index in [2.05, 4.69) is 5.32 Å². The van der Waals surface area contributed by atoms with Crippen molar-refractivity contribution in [2.45, 2.75) is 37.8 Å². The number of benzene rings is 1. The van der Waals surface area contributed by atoms with E-state index in [1.165, 1.54) is 24.3 Å². The number of alkyl halides is 2. The summed E-state index contributed by atoms with van der Waals surface area (Å²) in [6, 6.07) is 5.38. The van der Waals surface area contributed by atoms with Gasteiger partial charge in [-0.15, -0.1) is 0 Å². The molecule has 1 atom stereocenters. The van der Waals surface area contributed by atoms with E-state index in [1.807, 2.05) is 13.8 Å². The Morgan fingerprint density at radius 1 is 1.22 bits per heavy atom. The van der Waals surface area contributed by atoms with Gasteiger partial charge in [-0.1, -0.05) is 26.0 Å². The van der Waals surface area contributed by atoms with Gasteiger partial charge in [0.25, 0.3) is 5.91 Å². The maximum absolute atomic E-state index is 12.3. The molecular formula is C15H22F2N2O3S. The van der Waals surface area contributed by atoms with Gasteiger partial charge in [-0.2, -0.15) is 8.78 Å². The van der Waals surface area contributed by atoms with Crippen LogP contribution in [0.2, 0.25) is 0 Å². The summed E-state index contributed by atoms with van der Waals surface area (Å²) in [5.41, 5.74) is 6.15. The van der Waals surface area contributed by atoms with Crippen LogP contribution < -0.4 is 11.1 Å². The summed E-state index contributed by atoms with van der Waals surface area (Å²) in [6.07, 6.45) is 0.743. The molecule has 1 amide bonds. The molecule has 0 aliphatic carbocycles. The quantitative estimate of drug-likeness (QED) is 0.751. The average molecular weight is 348 g/mol. The number of hydrogen-bond acceptors (Lipinski definition) is 4. The molecule has 130 valence electrons. The van der Waals surface area contributed by atoms with Crippen LogP contribution in [0.3, 0.4) is 0 Å². The second-order valence-electron chi connectivity index (χ2n) is 5.80. The Morgan fingerprint density at radius 3 is 2.22 bits per heavy atom. The highest BCUT2D eigenvalue weighted by Crippen LogP contribution is 2.14. The smallest absolute Gasteiger partial charge is 0.337 e. The van der Waals surface area contributed by atoms with Crippen molar-refractivity contribution in [1.82, 2.24) is 5.32 Å². The van der Waals surface area contributed by atoms with Crippen LogP contribution in [-0.4, -0.2) is 32.7 Å². The van der Waals surface area contributed by atoms with Crippen molar-refractivity contribution in [3.05, 3.63) is 35.4 Å². The van der Waals surface area contributed by atoms with Crippen LogP contribution in [0.15, 0.2) is 24.3 Å². The van der Waals surface area contributed by atoms with E-state index in [-0.39, 0.29) is 17.5 Å². The molecule has 0 spiro atoms. The second kappa shape index (κ2) is 8.35. The van der Waals surface area contributed by atoms with E-state index in [1.54, 1.807) is 0 Å². The first-order chi connectivity index (χ1) is 10.7. The van der Waals surface area contributed by atoms with Crippen molar-refractivity contribution >= 4 is 15.7 Å². The monoisotopic (exact) mass is 348 g/mol. The molecule has 1 rings (SSSR count). The number of nitrogens with two attached hydrogens (primary N) is 1. The zero-order valence-corrected chi connectivity index (χ0v) is 13.9. The summed E-state index contributed by atoms with van der Waals surface area (Å²) in [4.78, 5) is 12.1. The second-order valence-corrected chi connectivity index (χ2v) is 7.77. The number of amides is 1. The van der Waals surface area contributed by atoms with Crippen LogP contribution in [0.25, 0.3) is 0 Å². The number of nitrogens with one attached hydrogen (secondary N) is 1. The SMILES string of the molecule is CC(C)CC(CN)NC(=O)c1ccc(CS(=O)(=O)C(F)F)cc1. The van der Waals surface area contributed by atoms with Crippen molar-refractivity contribution in [1.29, 1.82) is 0 Å². The predicted octanol–water partition coefficient (Wildman–Crippen LogP) is 1.93. The maximum atomic E-state index is 12.3. The van der Waals surface area contributed by atoms with E-state index in [0.29, 0.717) is 18.0 Å². The Balaban J connectivity index is 2.74. The summed E-state index contributed by atoms with van der Waals surface area (Å²) in [6.45, 7) is 4.36. The molecule has 8 heteroatoms. The zero-order chi connectivity index (χ0) is 17.6. The fraction of sp³-hybridized carbons (Fsp3) is 0.533. The highest BCUT2D eigenvalue weighted by Gasteiger charge is 2.24. The van der Waals surface area contributed by atoms with Gasteiger partial charge in [-0.25, -0.2) is 8.42 Å². The van der Waals surface area contributed by atoms with Crippen LogP contribution in [0.5, 0.6) is 0 Å². The zero-order valence-electron chi connectivity index (χ0n) is 13.1. The predicted molar refractivity (Wildman–Crippen MR) is 84.8 cm³/mol. The van der Waals surface area contributed by atoms with E-state index >= 15 is 0 Å². The van der Waals surface area contributed by atoms with Crippen LogP contribution >= 0.6 is 0 Å². The number of sulfone groups is 1. The van der Waals surface area contributed by atoms with Crippen LogP contribution in [0, 0.1) is 5.92 Å². The molecule has 0 radical (unpaired) electrons. The number of carbonyl (C=O) groups excluding carboxylic acids is 1. The minimum Gasteiger partial charge on any atom is -0.348 e. The van der Waals surface area contributed by atoms with Gasteiger partial charge in [-0.05, 0) is 30.0 Å². The highest BCUT2D eigenvalue weighted by molar-refractivity contribution is 7.90. The topological polar surface area (TPSA) is 89.3 Å². The van der Waals surface area contributed by atoms with Gasteiger partial charge in [0.2, 0.25) is 9.84 Å². The molecule has 23 heavy (non-hydrogen) atoms. The molecule has 1 unspecified atom stereocenters. The van der Waals surface area contributed by atoms with Crippen LogP contribution in [0.4, 0.5) is 8.78 Å². The van der Waals surface area contributed by atoms with Gasteiger partial charge in [0.05, 0.1) is 5.75 Å². The van der Waals surface area contributed by atoms with Crippen LogP contribution in [0.1, 0.15) is 36.2 Å². The van der Waals surface area contributed by atoms with Gasteiger partial charge >= 0.3 is 5.76 Å². The molecule has 0 fully saturated rings. The molecule has 1 aromatic rings. The minimum atomic E-state index is -4.47. The van der Waals surface area contributed by atoms with Crippen LogP contribution in [-0.2, 0) is 15.6 Å². The van der Waals surface area contributed by atoms with Crippen molar-refractivity contribution in [3.8, 4) is 0 Å². The van der Waals surface area contributed by atoms with E-state index in [4.69, 9.17) is 5.73 Å².